The highest BCUT2D eigenvalue weighted by atomic mass is 35.5. The molecule has 0 radical (unpaired) electrons. The smallest absolute Gasteiger partial charge is 0.138 e. The summed E-state index contributed by atoms with van der Waals surface area (Å²) in [6, 6.07) is 0. The standard InChI is InChI=1S/C2H6.2ClH.HOP/c1-2;;;1-2/h1-2H3;2*1H;2H. The summed E-state index contributed by atoms with van der Waals surface area (Å²) < 4.78 is 8.06. The first-order valence-electron chi connectivity index (χ1n) is 1.20. The van der Waals surface area contributed by atoms with Crippen LogP contribution in [0.1, 0.15) is 13.8 Å². The lowest BCUT2D eigenvalue weighted by molar-refractivity contribution is 0.607. The summed E-state index contributed by atoms with van der Waals surface area (Å²) >= 11 is 0. The lowest BCUT2D eigenvalue weighted by Crippen LogP contribution is -0.856. The lowest BCUT2D eigenvalue weighted by atomic mass is 11.0. The fraction of sp³-hybridized carbons (Fsp3) is 1.00. The minimum absolute atomic E-state index is 0. The Hall–Kier alpha value is 0.680. The molecule has 0 N–H and O–H groups in total. The van der Waals surface area contributed by atoms with Crippen molar-refractivity contribution in [2.45, 2.75) is 13.8 Å². The van der Waals surface area contributed by atoms with Gasteiger partial charge in [0.1, 0.15) is 9.12 Å². The Balaban J connectivity index is -0.00000000500. The van der Waals surface area contributed by atoms with Crippen molar-refractivity contribution in [1.82, 2.24) is 0 Å². The van der Waals surface area contributed by atoms with Crippen LogP contribution in [-0.2, 0) is 4.57 Å². The predicted octanol–water partition coefficient (Wildman–Crippen LogP) is 2.34. The number of hydrogen-bond acceptors (Lipinski definition) is 1. The maximum absolute atomic E-state index is 8.06. The highest BCUT2D eigenvalue weighted by molar-refractivity contribution is 7.00. The second kappa shape index (κ2) is 269. The fourth-order valence-electron chi connectivity index (χ4n) is 0. The summed E-state index contributed by atoms with van der Waals surface area (Å²) in [7, 11) is 1.72. The SMILES string of the molecule is CC.Cl.Cl.O=P. The number of rotatable bonds is 0. The summed E-state index contributed by atoms with van der Waals surface area (Å²) in [4.78, 5) is 0. The Bertz CT molecular complexity index is 11.5. The summed E-state index contributed by atoms with van der Waals surface area (Å²) in [5.41, 5.74) is 0. The van der Waals surface area contributed by atoms with Crippen molar-refractivity contribution in [3.05, 3.63) is 0 Å². The van der Waals surface area contributed by atoms with Gasteiger partial charge in [-0.3, -0.25) is 4.57 Å². The Kier molecular flexibility index (Phi) is 1350. The molecule has 6 heavy (non-hydrogen) atoms. The first-order valence-corrected chi connectivity index (χ1v) is 1.61. The highest BCUT2D eigenvalue weighted by Gasteiger charge is 0.932. The van der Waals surface area contributed by atoms with Gasteiger partial charge in [0.2, 0.25) is 0 Å². The molecule has 0 aromatic carbocycles. The first-order chi connectivity index (χ1) is 2.00. The second-order valence-electron chi connectivity index (χ2n) is 0. The van der Waals surface area contributed by atoms with E-state index in [1.54, 1.807) is 9.12 Å². The average molecular weight is 151 g/mol. The molecule has 0 atom stereocenters. The summed E-state index contributed by atoms with van der Waals surface area (Å²) in [5, 5.41) is 0. The minimum atomic E-state index is 0. The van der Waals surface area contributed by atoms with Gasteiger partial charge in [0.25, 0.3) is 0 Å². The zero-order valence-corrected chi connectivity index (χ0v) is 6.36. The Morgan fingerprint density at radius 1 is 1.00 bits per heavy atom. The van der Waals surface area contributed by atoms with Crippen LogP contribution in [0.15, 0.2) is 0 Å². The molecule has 0 aromatic heterocycles. The van der Waals surface area contributed by atoms with Crippen LogP contribution in [0.2, 0.25) is 0 Å². The van der Waals surface area contributed by atoms with Crippen LogP contribution in [0.4, 0.5) is 0 Å². The second-order valence-corrected chi connectivity index (χ2v) is 0. The Morgan fingerprint density at radius 2 is 1.00 bits per heavy atom. The predicted molar refractivity (Wildman–Crippen MR) is 34.8 cm³/mol. The van der Waals surface area contributed by atoms with Crippen LogP contribution >= 0.6 is 33.9 Å². The van der Waals surface area contributed by atoms with E-state index >= 15 is 0 Å². The van der Waals surface area contributed by atoms with Crippen molar-refractivity contribution >= 4 is 33.9 Å². The molecule has 0 heterocycles. The highest BCUT2D eigenvalue weighted by Crippen LogP contribution is 1.23. The molecule has 0 aliphatic heterocycles. The summed E-state index contributed by atoms with van der Waals surface area (Å²) in [6.45, 7) is 4.00. The molecule has 0 amide bonds. The molecular weight excluding hydrogens is 142 g/mol. The number of halogens is 2. The molecule has 0 saturated carbocycles. The van der Waals surface area contributed by atoms with Crippen molar-refractivity contribution in [1.29, 1.82) is 0 Å². The first kappa shape index (κ1) is 30.0. The van der Waals surface area contributed by atoms with Crippen LogP contribution in [-0.4, -0.2) is 0 Å². The van der Waals surface area contributed by atoms with E-state index < -0.39 is 0 Å². The van der Waals surface area contributed by atoms with Gasteiger partial charge < -0.3 is 0 Å². The van der Waals surface area contributed by atoms with Crippen LogP contribution < -0.4 is 0 Å². The van der Waals surface area contributed by atoms with Crippen LogP contribution in [0.5, 0.6) is 0 Å². The maximum Gasteiger partial charge on any atom is 0.138 e. The molecule has 42 valence electrons. The third kappa shape index (κ3) is 137. The van der Waals surface area contributed by atoms with E-state index in [1.807, 2.05) is 13.8 Å². The quantitative estimate of drug-likeness (QED) is 0.485. The Labute approximate surface area is 53.0 Å². The van der Waals surface area contributed by atoms with E-state index in [-0.39, 0.29) is 24.8 Å². The van der Waals surface area contributed by atoms with Crippen molar-refractivity contribution in [3.8, 4) is 0 Å². The van der Waals surface area contributed by atoms with Gasteiger partial charge in [-0.2, -0.15) is 0 Å². The van der Waals surface area contributed by atoms with Gasteiger partial charge >= 0.3 is 0 Å². The van der Waals surface area contributed by atoms with E-state index in [1.165, 1.54) is 0 Å². The monoisotopic (exact) mass is 150 g/mol. The molecule has 0 saturated heterocycles. The topological polar surface area (TPSA) is 17.1 Å². The van der Waals surface area contributed by atoms with Gasteiger partial charge in [0.05, 0.1) is 0 Å². The van der Waals surface area contributed by atoms with E-state index in [9.17, 15) is 0 Å². The summed E-state index contributed by atoms with van der Waals surface area (Å²) in [5.74, 6) is 0. The van der Waals surface area contributed by atoms with Crippen molar-refractivity contribution in [2.24, 2.45) is 0 Å². The molecule has 0 unspecified atom stereocenters. The van der Waals surface area contributed by atoms with Gasteiger partial charge in [-0.05, 0) is 0 Å². The van der Waals surface area contributed by atoms with E-state index in [2.05, 4.69) is 0 Å². The average Bonchev–Trinajstić information content (AvgIpc) is 1.50. The maximum atomic E-state index is 8.06. The number of hydrogen-bond donors (Lipinski definition) is 0. The molecule has 1 nitrogen and oxygen atoms in total. The van der Waals surface area contributed by atoms with Crippen molar-refractivity contribution < 1.29 is 4.57 Å². The van der Waals surface area contributed by atoms with Crippen LogP contribution in [0.25, 0.3) is 0 Å². The van der Waals surface area contributed by atoms with Gasteiger partial charge in [-0.1, -0.05) is 13.8 Å². The third-order valence-corrected chi connectivity index (χ3v) is 0. The van der Waals surface area contributed by atoms with Gasteiger partial charge in [0.15, 0.2) is 0 Å². The van der Waals surface area contributed by atoms with E-state index in [0.29, 0.717) is 0 Å². The molecule has 4 heteroatoms. The van der Waals surface area contributed by atoms with Crippen LogP contribution in [0.3, 0.4) is 0 Å². The third-order valence-electron chi connectivity index (χ3n) is 0. The molecule has 0 fully saturated rings. The molecule has 0 rings (SSSR count). The van der Waals surface area contributed by atoms with Gasteiger partial charge in [-0.15, -0.1) is 24.8 Å². The van der Waals surface area contributed by atoms with Gasteiger partial charge in [-0.25, -0.2) is 0 Å². The fourth-order valence-corrected chi connectivity index (χ4v) is 0. The molecular formula is C2H9Cl2OP. The molecule has 0 spiro atoms. The minimum Gasteiger partial charge on any atom is -0.279 e. The Morgan fingerprint density at radius 3 is 1.00 bits per heavy atom. The molecule has 0 aromatic rings. The van der Waals surface area contributed by atoms with Gasteiger partial charge in [0, 0.05) is 0 Å². The van der Waals surface area contributed by atoms with Crippen molar-refractivity contribution in [2.75, 3.05) is 0 Å². The molecule has 0 bridgehead atoms. The normalized spacial score (nSPS) is 1.67. The van der Waals surface area contributed by atoms with Crippen LogP contribution in [0, 0.1) is 0 Å². The van der Waals surface area contributed by atoms with Crippen molar-refractivity contribution in [3.63, 3.8) is 0 Å². The zero-order valence-electron chi connectivity index (χ0n) is 3.72. The summed E-state index contributed by atoms with van der Waals surface area (Å²) in [6.07, 6.45) is 0. The lowest BCUT2D eigenvalue weighted by Gasteiger charge is -1.07. The van der Waals surface area contributed by atoms with E-state index in [0.717, 1.165) is 0 Å². The molecule has 0 aliphatic rings. The largest absolute Gasteiger partial charge is 0.279 e. The van der Waals surface area contributed by atoms with E-state index in [4.69, 9.17) is 4.57 Å². The zero-order chi connectivity index (χ0) is 4.00. The molecule has 0 aliphatic carbocycles.